The van der Waals surface area contributed by atoms with Crippen LogP contribution in [0.3, 0.4) is 0 Å². The lowest BCUT2D eigenvalue weighted by Gasteiger charge is -2.25. The van der Waals surface area contributed by atoms with Gasteiger partial charge < -0.3 is 18.9 Å². The van der Waals surface area contributed by atoms with Crippen LogP contribution in [0.15, 0.2) is 69.1 Å². The van der Waals surface area contributed by atoms with Crippen molar-refractivity contribution in [1.29, 1.82) is 0 Å². The van der Waals surface area contributed by atoms with E-state index in [0.717, 1.165) is 8.78 Å². The molecular weight excluding hydrogens is 602 g/mol. The largest absolute Gasteiger partial charge is 0.496 e. The Morgan fingerprint density at radius 3 is 2.21 bits per heavy atom. The summed E-state index contributed by atoms with van der Waals surface area (Å²) >= 11 is 9.55. The Bertz CT molecular complexity index is 1450. The molecule has 202 valence electrons. The Labute approximate surface area is 234 Å². The second-order valence-electron chi connectivity index (χ2n) is 7.52. The van der Waals surface area contributed by atoms with E-state index in [9.17, 15) is 13.2 Å². The van der Waals surface area contributed by atoms with E-state index in [1.54, 1.807) is 24.3 Å². The van der Waals surface area contributed by atoms with Gasteiger partial charge >= 0.3 is 0 Å². The van der Waals surface area contributed by atoms with Crippen LogP contribution < -0.4 is 28.7 Å². The number of amides is 1. The lowest BCUT2D eigenvalue weighted by Crippen LogP contribution is -2.39. The molecule has 0 atom stereocenters. The van der Waals surface area contributed by atoms with Gasteiger partial charge in [0.15, 0.2) is 11.5 Å². The molecule has 0 aliphatic heterocycles. The molecule has 0 heterocycles. The predicted molar refractivity (Wildman–Crippen MR) is 149 cm³/mol. The SMILES string of the molecule is COc1ccc(Br)cc1/C=N\NC(=O)CN(c1cc(Cl)ccc1OC)S(=O)(=O)c1ccc(OC)c(OC)c1. The van der Waals surface area contributed by atoms with Gasteiger partial charge in [-0.05, 0) is 48.5 Å². The van der Waals surface area contributed by atoms with Crippen LogP contribution in [0.2, 0.25) is 5.02 Å². The quantitative estimate of drug-likeness (QED) is 0.246. The number of carbonyl (C=O) groups is 1. The van der Waals surface area contributed by atoms with Crippen molar-refractivity contribution in [2.75, 3.05) is 39.3 Å². The fourth-order valence-electron chi connectivity index (χ4n) is 3.41. The molecule has 3 rings (SSSR count). The number of halogens is 2. The number of methoxy groups -OCH3 is 4. The van der Waals surface area contributed by atoms with Crippen LogP contribution in [0.5, 0.6) is 23.0 Å². The minimum absolute atomic E-state index is 0.0579. The average Bonchev–Trinajstić information content (AvgIpc) is 2.91. The van der Waals surface area contributed by atoms with Crippen LogP contribution in [-0.2, 0) is 14.8 Å². The van der Waals surface area contributed by atoms with E-state index in [1.165, 1.54) is 65.0 Å². The van der Waals surface area contributed by atoms with E-state index in [-0.39, 0.29) is 27.1 Å². The second kappa shape index (κ2) is 12.9. The number of nitrogens with one attached hydrogen (secondary N) is 1. The Morgan fingerprint density at radius 2 is 1.55 bits per heavy atom. The van der Waals surface area contributed by atoms with Gasteiger partial charge in [0.25, 0.3) is 15.9 Å². The van der Waals surface area contributed by atoms with Crippen LogP contribution >= 0.6 is 27.5 Å². The molecule has 3 aromatic carbocycles. The lowest BCUT2D eigenvalue weighted by atomic mass is 10.2. The monoisotopic (exact) mass is 625 g/mol. The van der Waals surface area contributed by atoms with E-state index in [4.69, 9.17) is 30.5 Å². The number of hydrazone groups is 1. The Kier molecular flexibility index (Phi) is 9.84. The van der Waals surface area contributed by atoms with E-state index >= 15 is 0 Å². The molecular formula is C25H25BrClN3O7S. The number of carbonyl (C=O) groups excluding carboxylic acids is 1. The molecule has 0 unspecified atom stereocenters. The summed E-state index contributed by atoms with van der Waals surface area (Å²) in [5, 5.41) is 4.21. The molecule has 0 saturated heterocycles. The first-order valence-electron chi connectivity index (χ1n) is 10.9. The molecule has 1 N–H and O–H groups in total. The maximum atomic E-state index is 13.8. The van der Waals surface area contributed by atoms with Crippen LogP contribution in [0, 0.1) is 0 Å². The highest BCUT2D eigenvalue weighted by Gasteiger charge is 2.30. The van der Waals surface area contributed by atoms with E-state index in [0.29, 0.717) is 17.1 Å². The van der Waals surface area contributed by atoms with Gasteiger partial charge in [-0.3, -0.25) is 9.10 Å². The Morgan fingerprint density at radius 1 is 0.921 bits per heavy atom. The molecule has 13 heteroatoms. The van der Waals surface area contributed by atoms with Gasteiger partial charge in [-0.2, -0.15) is 5.10 Å². The van der Waals surface area contributed by atoms with Crippen LogP contribution in [0.25, 0.3) is 0 Å². The van der Waals surface area contributed by atoms with Crippen molar-refractivity contribution in [3.63, 3.8) is 0 Å². The average molecular weight is 627 g/mol. The first-order valence-corrected chi connectivity index (χ1v) is 13.5. The Hall–Kier alpha value is -3.48. The number of hydrogen-bond donors (Lipinski definition) is 1. The zero-order valence-corrected chi connectivity index (χ0v) is 24.1. The molecule has 1 amide bonds. The molecule has 0 fully saturated rings. The summed E-state index contributed by atoms with van der Waals surface area (Å²) in [6, 6.07) is 13.8. The van der Waals surface area contributed by atoms with Crippen molar-refractivity contribution >= 4 is 55.4 Å². The van der Waals surface area contributed by atoms with Crippen LogP contribution in [-0.4, -0.2) is 55.5 Å². The van der Waals surface area contributed by atoms with Crippen LogP contribution in [0.4, 0.5) is 5.69 Å². The zero-order valence-electron chi connectivity index (χ0n) is 20.9. The second-order valence-corrected chi connectivity index (χ2v) is 10.7. The standard InChI is InChI=1S/C25H25BrClN3O7S/c1-34-21-8-5-17(26)11-16(21)14-28-29-25(31)15-30(20-12-18(27)6-9-22(20)35-2)38(32,33)19-7-10-23(36-3)24(13-19)37-4/h5-14H,15H2,1-4H3,(H,29,31)/b28-14-. The predicted octanol–water partition coefficient (Wildman–Crippen LogP) is 4.48. The van der Waals surface area contributed by atoms with Gasteiger partial charge in [-0.15, -0.1) is 0 Å². The minimum atomic E-state index is -4.33. The number of anilines is 1. The Balaban J connectivity index is 1.99. The highest BCUT2D eigenvalue weighted by Crippen LogP contribution is 2.37. The van der Waals surface area contributed by atoms with Crippen molar-refractivity contribution in [2.24, 2.45) is 5.10 Å². The number of ether oxygens (including phenoxy) is 4. The molecule has 0 saturated carbocycles. The van der Waals surface area contributed by atoms with Gasteiger partial charge in [0.1, 0.15) is 18.0 Å². The molecule has 10 nitrogen and oxygen atoms in total. The van der Waals surface area contributed by atoms with Gasteiger partial charge in [-0.25, -0.2) is 13.8 Å². The van der Waals surface area contributed by atoms with E-state index in [2.05, 4.69) is 26.5 Å². The molecule has 0 aliphatic rings. The number of nitrogens with zero attached hydrogens (tertiary/aromatic N) is 2. The number of benzene rings is 3. The summed E-state index contributed by atoms with van der Waals surface area (Å²) in [6.45, 7) is -0.639. The molecule has 0 spiro atoms. The van der Waals surface area contributed by atoms with Crippen molar-refractivity contribution in [3.8, 4) is 23.0 Å². The van der Waals surface area contributed by atoms with E-state index < -0.39 is 22.5 Å². The summed E-state index contributed by atoms with van der Waals surface area (Å²) in [6.07, 6.45) is 1.38. The lowest BCUT2D eigenvalue weighted by molar-refractivity contribution is -0.119. The van der Waals surface area contributed by atoms with Gasteiger partial charge in [0.05, 0.1) is 45.2 Å². The molecule has 0 aliphatic carbocycles. The molecule has 38 heavy (non-hydrogen) atoms. The molecule has 0 bridgehead atoms. The van der Waals surface area contributed by atoms with Crippen molar-refractivity contribution in [3.05, 3.63) is 69.7 Å². The molecule has 0 aromatic heterocycles. The van der Waals surface area contributed by atoms with E-state index in [1.807, 2.05) is 0 Å². The maximum absolute atomic E-state index is 13.8. The third-order valence-corrected chi connectivity index (χ3v) is 7.71. The summed E-state index contributed by atoms with van der Waals surface area (Å²) < 4.78 is 50.4. The molecule has 0 radical (unpaired) electrons. The maximum Gasteiger partial charge on any atom is 0.265 e. The summed E-state index contributed by atoms with van der Waals surface area (Å²) in [5.41, 5.74) is 3.00. The molecule has 3 aromatic rings. The van der Waals surface area contributed by atoms with Crippen molar-refractivity contribution in [1.82, 2.24) is 5.43 Å². The first kappa shape index (κ1) is 29.1. The first-order chi connectivity index (χ1) is 18.1. The van der Waals surface area contributed by atoms with Crippen molar-refractivity contribution in [2.45, 2.75) is 4.90 Å². The normalized spacial score (nSPS) is 11.2. The van der Waals surface area contributed by atoms with Gasteiger partial charge in [-0.1, -0.05) is 27.5 Å². The van der Waals surface area contributed by atoms with Gasteiger partial charge in [0, 0.05) is 21.1 Å². The summed E-state index contributed by atoms with van der Waals surface area (Å²) in [7, 11) is 1.38. The summed E-state index contributed by atoms with van der Waals surface area (Å²) in [5.74, 6) is 0.541. The third-order valence-electron chi connectivity index (χ3n) is 5.22. The van der Waals surface area contributed by atoms with Gasteiger partial charge in [0.2, 0.25) is 0 Å². The fraction of sp³-hybridized carbons (Fsp3) is 0.200. The minimum Gasteiger partial charge on any atom is -0.496 e. The fourth-order valence-corrected chi connectivity index (χ4v) is 5.39. The highest BCUT2D eigenvalue weighted by molar-refractivity contribution is 9.10. The number of sulfonamides is 1. The topological polar surface area (TPSA) is 116 Å². The third kappa shape index (κ3) is 6.69. The van der Waals surface area contributed by atoms with Crippen LogP contribution in [0.1, 0.15) is 5.56 Å². The number of rotatable bonds is 11. The zero-order chi connectivity index (χ0) is 27.9. The number of hydrogen-bond acceptors (Lipinski definition) is 8. The van der Waals surface area contributed by atoms with Crippen molar-refractivity contribution < 1.29 is 32.2 Å². The highest BCUT2D eigenvalue weighted by atomic mass is 79.9. The summed E-state index contributed by atoms with van der Waals surface area (Å²) in [4.78, 5) is 12.8. The smallest absolute Gasteiger partial charge is 0.265 e.